The molecule has 3 heteroatoms. The summed E-state index contributed by atoms with van der Waals surface area (Å²) >= 11 is 5.91. The minimum absolute atomic E-state index is 0.0883. The van der Waals surface area contributed by atoms with Crippen LogP contribution in [0, 0.1) is 0 Å². The molecule has 15 heavy (non-hydrogen) atoms. The Bertz CT molecular complexity index is 353. The first-order valence-corrected chi connectivity index (χ1v) is 5.45. The number of hydrogen-bond donors (Lipinski definition) is 0. The Morgan fingerprint density at radius 1 is 1.53 bits per heavy atom. The summed E-state index contributed by atoms with van der Waals surface area (Å²) in [6, 6.07) is 0. The Kier molecular flexibility index (Phi) is 4.15. The Morgan fingerprint density at radius 2 is 2.20 bits per heavy atom. The number of Topliss-reactive ketones (excluding diaryl/α,β-unsaturated/α-hetero) is 1. The molecule has 0 radical (unpaired) electrons. The second-order valence-corrected chi connectivity index (χ2v) is 4.04. The molecule has 0 aromatic heterocycles. The summed E-state index contributed by atoms with van der Waals surface area (Å²) in [5.74, 6) is 0.0883. The van der Waals surface area contributed by atoms with Gasteiger partial charge >= 0.3 is 0 Å². The summed E-state index contributed by atoms with van der Waals surface area (Å²) in [7, 11) is 0. The maximum atomic E-state index is 11.6. The van der Waals surface area contributed by atoms with Gasteiger partial charge in [0.2, 0.25) is 0 Å². The number of rotatable bonds is 3. The van der Waals surface area contributed by atoms with Gasteiger partial charge in [-0.15, -0.1) is 0 Å². The van der Waals surface area contributed by atoms with E-state index in [4.69, 9.17) is 11.6 Å². The molecule has 0 atom stereocenters. The molecule has 82 valence electrons. The number of carbonyl (C=O) groups is 1. The highest BCUT2D eigenvalue weighted by atomic mass is 35.5. The molecular weight excluding hydrogens is 210 g/mol. The van der Waals surface area contributed by atoms with Crippen molar-refractivity contribution in [2.45, 2.75) is 27.2 Å². The van der Waals surface area contributed by atoms with Crippen molar-refractivity contribution < 1.29 is 4.79 Å². The zero-order valence-electron chi connectivity index (χ0n) is 9.38. The molecule has 0 bridgehead atoms. The minimum Gasteiger partial charge on any atom is -0.340 e. The molecule has 0 aromatic carbocycles. The van der Waals surface area contributed by atoms with Gasteiger partial charge in [-0.3, -0.25) is 4.79 Å². The average molecular weight is 226 g/mol. The van der Waals surface area contributed by atoms with Gasteiger partial charge < -0.3 is 4.90 Å². The number of allylic oxidation sites excluding steroid dienone is 4. The van der Waals surface area contributed by atoms with Gasteiger partial charge in [0.1, 0.15) is 0 Å². The topological polar surface area (TPSA) is 20.3 Å². The molecule has 0 saturated heterocycles. The quantitative estimate of drug-likeness (QED) is 0.688. The molecule has 0 unspecified atom stereocenters. The maximum Gasteiger partial charge on any atom is 0.176 e. The van der Waals surface area contributed by atoms with Crippen molar-refractivity contribution in [3.63, 3.8) is 0 Å². The van der Waals surface area contributed by atoms with Crippen LogP contribution >= 0.6 is 11.6 Å². The van der Waals surface area contributed by atoms with Crippen LogP contribution in [0.15, 0.2) is 34.7 Å². The Labute approximate surface area is 95.9 Å². The average Bonchev–Trinajstić information content (AvgIpc) is 2.17. The first kappa shape index (κ1) is 12.1. The summed E-state index contributed by atoms with van der Waals surface area (Å²) in [6.45, 7) is 6.33. The molecule has 0 aliphatic carbocycles. The van der Waals surface area contributed by atoms with Crippen LogP contribution in [0.1, 0.15) is 27.2 Å². The van der Waals surface area contributed by atoms with Gasteiger partial charge in [0.25, 0.3) is 0 Å². The fourth-order valence-corrected chi connectivity index (χ4v) is 1.80. The zero-order valence-corrected chi connectivity index (χ0v) is 10.1. The number of halogens is 1. The van der Waals surface area contributed by atoms with Gasteiger partial charge in [0.05, 0.1) is 10.7 Å². The van der Waals surface area contributed by atoms with Crippen molar-refractivity contribution in [3.8, 4) is 0 Å². The van der Waals surface area contributed by atoms with Gasteiger partial charge in [0.15, 0.2) is 5.78 Å². The lowest BCUT2D eigenvalue weighted by Gasteiger charge is -2.25. The predicted molar refractivity (Wildman–Crippen MR) is 63.5 cm³/mol. The highest BCUT2D eigenvalue weighted by Gasteiger charge is 2.15. The number of carbonyl (C=O) groups excluding carboxylic acids is 1. The van der Waals surface area contributed by atoms with Crippen molar-refractivity contribution in [1.29, 1.82) is 0 Å². The third-order valence-electron chi connectivity index (χ3n) is 2.41. The number of hydrogen-bond acceptors (Lipinski definition) is 2. The summed E-state index contributed by atoms with van der Waals surface area (Å²) in [5.41, 5.74) is 1.86. The van der Waals surface area contributed by atoms with Crippen molar-refractivity contribution in [2.24, 2.45) is 0 Å². The van der Waals surface area contributed by atoms with E-state index in [1.165, 1.54) is 0 Å². The van der Waals surface area contributed by atoms with E-state index in [9.17, 15) is 4.79 Å². The highest BCUT2D eigenvalue weighted by Crippen LogP contribution is 2.20. The maximum absolute atomic E-state index is 11.6. The molecule has 1 aliphatic heterocycles. The van der Waals surface area contributed by atoms with Crippen LogP contribution < -0.4 is 0 Å². The van der Waals surface area contributed by atoms with E-state index in [0.717, 1.165) is 17.7 Å². The molecule has 0 fully saturated rings. The molecule has 2 nitrogen and oxygen atoms in total. The van der Waals surface area contributed by atoms with Gasteiger partial charge in [-0.1, -0.05) is 24.6 Å². The molecule has 0 N–H and O–H groups in total. The lowest BCUT2D eigenvalue weighted by molar-refractivity contribution is -0.114. The van der Waals surface area contributed by atoms with Crippen LogP contribution in [-0.4, -0.2) is 17.2 Å². The molecular formula is C12H16ClNO. The van der Waals surface area contributed by atoms with Gasteiger partial charge in [-0.05, 0) is 25.0 Å². The second kappa shape index (κ2) is 5.17. The lowest BCUT2D eigenvalue weighted by Crippen LogP contribution is -2.24. The van der Waals surface area contributed by atoms with Crippen LogP contribution in [0.3, 0.4) is 0 Å². The van der Waals surface area contributed by atoms with Gasteiger partial charge in [0, 0.05) is 19.7 Å². The third-order valence-corrected chi connectivity index (χ3v) is 2.64. The molecule has 1 heterocycles. The normalized spacial score (nSPS) is 17.3. The molecule has 0 spiro atoms. The van der Waals surface area contributed by atoms with E-state index in [1.807, 2.05) is 30.9 Å². The van der Waals surface area contributed by atoms with Crippen LogP contribution in [0.4, 0.5) is 0 Å². The fraction of sp³-hybridized carbons (Fsp3) is 0.417. The second-order valence-electron chi connectivity index (χ2n) is 3.61. The van der Waals surface area contributed by atoms with E-state index in [2.05, 4.69) is 0 Å². The predicted octanol–water partition coefficient (Wildman–Crippen LogP) is 3.21. The van der Waals surface area contributed by atoms with Crippen molar-refractivity contribution >= 4 is 17.4 Å². The zero-order chi connectivity index (χ0) is 11.4. The van der Waals surface area contributed by atoms with Gasteiger partial charge in [-0.25, -0.2) is 0 Å². The lowest BCUT2D eigenvalue weighted by atomic mass is 10.1. The smallest absolute Gasteiger partial charge is 0.176 e. The Balaban J connectivity index is 3.03. The standard InChI is InChI=1S/C12H16ClNO/c1-4-9(2)12(10(3)15)14-7-5-6-11(13)8-14/h5-6,8H,4,7H2,1-3H3/b12-9+. The van der Waals surface area contributed by atoms with E-state index < -0.39 is 0 Å². The van der Waals surface area contributed by atoms with Crippen molar-refractivity contribution in [1.82, 2.24) is 4.90 Å². The molecule has 1 rings (SSSR count). The van der Waals surface area contributed by atoms with Crippen LogP contribution in [-0.2, 0) is 4.79 Å². The summed E-state index contributed by atoms with van der Waals surface area (Å²) in [6.07, 6.45) is 6.48. The monoisotopic (exact) mass is 225 g/mol. The van der Waals surface area contributed by atoms with E-state index in [-0.39, 0.29) is 5.78 Å². The summed E-state index contributed by atoms with van der Waals surface area (Å²) in [5, 5.41) is 0.656. The first-order valence-electron chi connectivity index (χ1n) is 5.07. The number of ketones is 1. The molecule has 0 aromatic rings. The summed E-state index contributed by atoms with van der Waals surface area (Å²) < 4.78 is 0. The number of nitrogens with zero attached hydrogens (tertiary/aromatic N) is 1. The molecule has 1 aliphatic rings. The Hall–Kier alpha value is -1.02. The third kappa shape index (κ3) is 2.96. The van der Waals surface area contributed by atoms with Crippen LogP contribution in [0.5, 0.6) is 0 Å². The van der Waals surface area contributed by atoms with E-state index in [1.54, 1.807) is 13.1 Å². The van der Waals surface area contributed by atoms with Gasteiger partial charge in [-0.2, -0.15) is 0 Å². The van der Waals surface area contributed by atoms with Crippen molar-refractivity contribution in [2.75, 3.05) is 6.54 Å². The summed E-state index contributed by atoms with van der Waals surface area (Å²) in [4.78, 5) is 13.5. The van der Waals surface area contributed by atoms with Crippen molar-refractivity contribution in [3.05, 3.63) is 34.7 Å². The fourth-order valence-electron chi connectivity index (χ4n) is 1.59. The van der Waals surface area contributed by atoms with E-state index in [0.29, 0.717) is 11.6 Å². The SMILES string of the molecule is CC/C(C)=C(\C(C)=O)N1C=C(Cl)C=CC1. The Morgan fingerprint density at radius 3 is 2.67 bits per heavy atom. The van der Waals surface area contributed by atoms with Crippen LogP contribution in [0.25, 0.3) is 0 Å². The molecule has 0 amide bonds. The first-order chi connectivity index (χ1) is 7.06. The molecule has 0 saturated carbocycles. The largest absolute Gasteiger partial charge is 0.340 e. The highest BCUT2D eigenvalue weighted by molar-refractivity contribution is 6.31. The minimum atomic E-state index is 0.0883. The van der Waals surface area contributed by atoms with E-state index >= 15 is 0 Å². The van der Waals surface area contributed by atoms with Crippen LogP contribution in [0.2, 0.25) is 0 Å².